The summed E-state index contributed by atoms with van der Waals surface area (Å²) in [6.45, 7) is 0.423. The van der Waals surface area contributed by atoms with Crippen molar-refractivity contribution in [3.63, 3.8) is 0 Å². The van der Waals surface area contributed by atoms with Crippen molar-refractivity contribution in [2.45, 2.75) is 12.4 Å². The number of rotatable bonds is 2. The minimum Gasteiger partial charge on any atom is -0.364 e. The van der Waals surface area contributed by atoms with Crippen LogP contribution in [-0.2, 0) is 0 Å². The van der Waals surface area contributed by atoms with Gasteiger partial charge in [0.05, 0.1) is 0 Å². The first-order valence-corrected chi connectivity index (χ1v) is 4.36. The van der Waals surface area contributed by atoms with Gasteiger partial charge < -0.3 is 9.80 Å². The van der Waals surface area contributed by atoms with E-state index in [9.17, 15) is 26.3 Å². The molecule has 0 atom stereocenters. The van der Waals surface area contributed by atoms with E-state index in [-0.39, 0.29) is 13.1 Å². The minimum absolute atomic E-state index is 0.211. The summed E-state index contributed by atoms with van der Waals surface area (Å²) >= 11 is 0. The molecule has 0 aliphatic carbocycles. The lowest BCUT2D eigenvalue weighted by Crippen LogP contribution is -2.34. The van der Waals surface area contributed by atoms with Crippen LogP contribution in [0, 0.1) is 0 Å². The smallest absolute Gasteiger partial charge is 0.364 e. The van der Waals surface area contributed by atoms with Gasteiger partial charge in [0.15, 0.2) is 5.57 Å². The molecule has 0 aromatic rings. The van der Waals surface area contributed by atoms with E-state index in [1.807, 2.05) is 0 Å². The molecule has 0 saturated carbocycles. The quantitative estimate of drug-likeness (QED) is 0.546. The summed E-state index contributed by atoms with van der Waals surface area (Å²) in [6, 6.07) is 0. The van der Waals surface area contributed by atoms with Gasteiger partial charge in [-0.15, -0.1) is 0 Å². The summed E-state index contributed by atoms with van der Waals surface area (Å²) in [4.78, 5) is 1.86. The maximum Gasteiger partial charge on any atom is 0.424 e. The summed E-state index contributed by atoms with van der Waals surface area (Å²) in [5.74, 6) is -0.819. The van der Waals surface area contributed by atoms with Crippen molar-refractivity contribution in [1.82, 2.24) is 9.80 Å². The molecule has 0 bridgehead atoms. The molecule has 1 aliphatic rings. The topological polar surface area (TPSA) is 6.25 Å². The van der Waals surface area contributed by atoms with Gasteiger partial charge >= 0.3 is 12.4 Å². The second-order valence-electron chi connectivity index (χ2n) is 3.58. The summed E-state index contributed by atoms with van der Waals surface area (Å²) in [6.07, 6.45) is -10.8. The summed E-state index contributed by atoms with van der Waals surface area (Å²) in [5.41, 5.74) is -2.44. The molecule has 0 spiro atoms. The number of allylic oxidation sites excluding steroid dienone is 1. The highest BCUT2D eigenvalue weighted by Crippen LogP contribution is 2.42. The van der Waals surface area contributed by atoms with Crippen LogP contribution >= 0.6 is 0 Å². The maximum absolute atomic E-state index is 12.4. The molecule has 8 heteroatoms. The molecule has 1 fully saturated rings. The predicted octanol–water partition coefficient (Wildman–Crippen LogP) is 2.20. The molecule has 0 N–H and O–H groups in total. The number of alkyl halides is 6. The Bertz CT molecular complexity index is 277. The van der Waals surface area contributed by atoms with Gasteiger partial charge in [0.1, 0.15) is 5.82 Å². The van der Waals surface area contributed by atoms with Crippen LogP contribution in [0.4, 0.5) is 26.3 Å². The van der Waals surface area contributed by atoms with E-state index < -0.39 is 23.7 Å². The van der Waals surface area contributed by atoms with E-state index in [0.717, 1.165) is 23.9 Å². The molecular formula is C8H10F6N2. The van der Waals surface area contributed by atoms with Crippen molar-refractivity contribution < 1.29 is 26.3 Å². The molecule has 2 nitrogen and oxygen atoms in total. The van der Waals surface area contributed by atoms with Crippen LogP contribution in [0.5, 0.6) is 0 Å². The zero-order chi connectivity index (χ0) is 12.7. The Morgan fingerprint density at radius 2 is 1.31 bits per heavy atom. The zero-order valence-corrected chi connectivity index (χ0v) is 8.58. The molecule has 0 radical (unpaired) electrons. The normalized spacial score (nSPS) is 16.1. The van der Waals surface area contributed by atoms with Crippen molar-refractivity contribution in [2.24, 2.45) is 0 Å². The first-order valence-electron chi connectivity index (χ1n) is 4.36. The predicted molar refractivity (Wildman–Crippen MR) is 44.4 cm³/mol. The van der Waals surface area contributed by atoms with E-state index in [0.29, 0.717) is 0 Å². The fourth-order valence-corrected chi connectivity index (χ4v) is 1.34. The summed E-state index contributed by atoms with van der Waals surface area (Å²) in [7, 11) is 2.32. The Morgan fingerprint density at radius 1 is 0.938 bits per heavy atom. The average Bonchev–Trinajstić information content (AvgIpc) is 2.75. The summed E-state index contributed by atoms with van der Waals surface area (Å²) in [5, 5.41) is 0. The van der Waals surface area contributed by atoms with E-state index in [1.54, 1.807) is 0 Å². The third kappa shape index (κ3) is 2.73. The third-order valence-corrected chi connectivity index (χ3v) is 1.96. The molecule has 16 heavy (non-hydrogen) atoms. The van der Waals surface area contributed by atoms with Gasteiger partial charge in [0.25, 0.3) is 0 Å². The van der Waals surface area contributed by atoms with Crippen LogP contribution in [0.1, 0.15) is 0 Å². The number of halogens is 6. The van der Waals surface area contributed by atoms with Crippen LogP contribution in [0.25, 0.3) is 0 Å². The molecule has 1 aliphatic heterocycles. The molecule has 1 rings (SSSR count). The Hall–Kier alpha value is -1.08. The number of hydrogen-bond donors (Lipinski definition) is 0. The third-order valence-electron chi connectivity index (χ3n) is 1.96. The molecule has 94 valence electrons. The van der Waals surface area contributed by atoms with Gasteiger partial charge in [0.2, 0.25) is 0 Å². The van der Waals surface area contributed by atoms with Gasteiger partial charge in [-0.25, -0.2) is 0 Å². The Morgan fingerprint density at radius 3 is 1.50 bits per heavy atom. The Kier molecular flexibility index (Phi) is 3.04. The lowest BCUT2D eigenvalue weighted by atomic mass is 10.2. The SMILES string of the molecule is CN(C)C(=C(C(F)(F)F)C(F)(F)F)N1CC1. The first-order chi connectivity index (χ1) is 7.05. The molecule has 0 aromatic carbocycles. The minimum atomic E-state index is -5.40. The Labute approximate surface area is 88.1 Å². The molecule has 1 saturated heterocycles. The van der Waals surface area contributed by atoms with Crippen LogP contribution in [0.2, 0.25) is 0 Å². The zero-order valence-electron chi connectivity index (χ0n) is 8.58. The van der Waals surface area contributed by atoms with Crippen molar-refractivity contribution in [3.05, 3.63) is 11.4 Å². The second-order valence-corrected chi connectivity index (χ2v) is 3.58. The molecule has 0 aromatic heterocycles. The second kappa shape index (κ2) is 3.74. The van der Waals surface area contributed by atoms with E-state index in [2.05, 4.69) is 0 Å². The van der Waals surface area contributed by atoms with Gasteiger partial charge in [-0.1, -0.05) is 0 Å². The monoisotopic (exact) mass is 248 g/mol. The van der Waals surface area contributed by atoms with Gasteiger partial charge in [-0.3, -0.25) is 0 Å². The maximum atomic E-state index is 12.4. The highest BCUT2D eigenvalue weighted by atomic mass is 19.4. The van der Waals surface area contributed by atoms with Gasteiger partial charge in [0, 0.05) is 27.2 Å². The molecule has 0 amide bonds. The van der Waals surface area contributed by atoms with Crippen molar-refractivity contribution in [3.8, 4) is 0 Å². The van der Waals surface area contributed by atoms with E-state index in [4.69, 9.17) is 0 Å². The first kappa shape index (κ1) is 13.0. The van der Waals surface area contributed by atoms with Gasteiger partial charge in [-0.05, 0) is 0 Å². The van der Waals surface area contributed by atoms with E-state index >= 15 is 0 Å². The molecular weight excluding hydrogens is 238 g/mol. The van der Waals surface area contributed by atoms with Crippen molar-refractivity contribution in [2.75, 3.05) is 27.2 Å². The van der Waals surface area contributed by atoms with E-state index in [1.165, 1.54) is 0 Å². The Balaban J connectivity index is 3.30. The lowest BCUT2D eigenvalue weighted by Gasteiger charge is -2.25. The molecule has 0 unspecified atom stereocenters. The van der Waals surface area contributed by atoms with Crippen LogP contribution < -0.4 is 0 Å². The molecule has 1 heterocycles. The van der Waals surface area contributed by atoms with Crippen LogP contribution in [0.15, 0.2) is 11.4 Å². The fraction of sp³-hybridized carbons (Fsp3) is 0.750. The largest absolute Gasteiger partial charge is 0.424 e. The fourth-order valence-electron chi connectivity index (χ4n) is 1.34. The van der Waals surface area contributed by atoms with Crippen LogP contribution in [-0.4, -0.2) is 49.3 Å². The number of nitrogens with zero attached hydrogens (tertiary/aromatic N) is 2. The number of hydrogen-bond acceptors (Lipinski definition) is 2. The summed E-state index contributed by atoms with van der Waals surface area (Å²) < 4.78 is 74.3. The standard InChI is InChI=1S/C8H10F6N2/c1-15(2)6(16-3-4-16)5(7(9,10)11)8(12,13)14/h3-4H2,1-2H3. The highest BCUT2D eigenvalue weighted by Gasteiger charge is 2.55. The van der Waals surface area contributed by atoms with Crippen molar-refractivity contribution >= 4 is 0 Å². The lowest BCUT2D eigenvalue weighted by molar-refractivity contribution is -0.175. The van der Waals surface area contributed by atoms with Crippen molar-refractivity contribution in [1.29, 1.82) is 0 Å². The van der Waals surface area contributed by atoms with Gasteiger partial charge in [-0.2, -0.15) is 26.3 Å². The highest BCUT2D eigenvalue weighted by molar-refractivity contribution is 5.24. The average molecular weight is 248 g/mol. The van der Waals surface area contributed by atoms with Crippen LogP contribution in [0.3, 0.4) is 0 Å².